The van der Waals surface area contributed by atoms with Crippen molar-refractivity contribution in [3.05, 3.63) is 23.8 Å². The molecule has 6 heteroatoms. The summed E-state index contributed by atoms with van der Waals surface area (Å²) in [5.41, 5.74) is 6.15. The number of hydrogen-bond acceptors (Lipinski definition) is 5. The van der Waals surface area contributed by atoms with Crippen LogP contribution in [0.5, 0.6) is 5.75 Å². The van der Waals surface area contributed by atoms with Crippen molar-refractivity contribution >= 4 is 11.8 Å². The number of hydrogen-bond donors (Lipinski definition) is 1. The third kappa shape index (κ3) is 6.54. The fourth-order valence-electron chi connectivity index (χ4n) is 2.40. The van der Waals surface area contributed by atoms with E-state index in [9.17, 15) is 4.79 Å². The normalized spacial score (nSPS) is 14.8. The molecule has 0 bridgehead atoms. The van der Waals surface area contributed by atoms with Crippen LogP contribution >= 0.6 is 0 Å². The molecule has 2 N–H and O–H groups in total. The maximum absolute atomic E-state index is 12.0. The largest absolute Gasteiger partial charge is 0.489 e. The van der Waals surface area contributed by atoms with E-state index < -0.39 is 5.60 Å². The van der Waals surface area contributed by atoms with E-state index in [4.69, 9.17) is 20.5 Å². The zero-order valence-corrected chi connectivity index (χ0v) is 15.8. The zero-order valence-electron chi connectivity index (χ0n) is 15.8. The summed E-state index contributed by atoms with van der Waals surface area (Å²) < 4.78 is 11.3. The SMILES string of the molecule is CC.CC(C)(C)OC(=O)N1CCC(Oc2ccc(N)cc2C#N)CC1. The molecular weight excluding hydrogens is 318 g/mol. The van der Waals surface area contributed by atoms with Gasteiger partial charge in [-0.1, -0.05) is 13.8 Å². The molecule has 2 rings (SSSR count). The highest BCUT2D eigenvalue weighted by atomic mass is 16.6. The summed E-state index contributed by atoms with van der Waals surface area (Å²) in [6.07, 6.45) is 1.09. The predicted octanol–water partition coefficient (Wildman–Crippen LogP) is 3.94. The van der Waals surface area contributed by atoms with Crippen LogP contribution in [-0.4, -0.2) is 35.8 Å². The van der Waals surface area contributed by atoms with Gasteiger partial charge in [-0.15, -0.1) is 0 Å². The van der Waals surface area contributed by atoms with E-state index in [2.05, 4.69) is 6.07 Å². The molecule has 0 saturated carbocycles. The Morgan fingerprint density at radius 1 is 1.28 bits per heavy atom. The summed E-state index contributed by atoms with van der Waals surface area (Å²) in [5, 5.41) is 9.14. The smallest absolute Gasteiger partial charge is 0.410 e. The van der Waals surface area contributed by atoms with Crippen molar-refractivity contribution in [3.63, 3.8) is 0 Å². The lowest BCUT2D eigenvalue weighted by Gasteiger charge is -2.33. The first kappa shape index (κ1) is 20.6. The molecule has 0 unspecified atom stereocenters. The van der Waals surface area contributed by atoms with Crippen LogP contribution in [0.1, 0.15) is 53.0 Å². The number of likely N-dealkylation sites (tertiary alicyclic amines) is 1. The maximum Gasteiger partial charge on any atom is 0.410 e. The van der Waals surface area contributed by atoms with E-state index in [1.807, 2.05) is 34.6 Å². The lowest BCUT2D eigenvalue weighted by molar-refractivity contribution is 0.0126. The van der Waals surface area contributed by atoms with Crippen LogP contribution in [0, 0.1) is 11.3 Å². The van der Waals surface area contributed by atoms with Crippen LogP contribution in [0.3, 0.4) is 0 Å². The Morgan fingerprint density at radius 2 is 1.88 bits per heavy atom. The molecule has 1 aromatic carbocycles. The van der Waals surface area contributed by atoms with Crippen LogP contribution in [0.15, 0.2) is 18.2 Å². The second-order valence-electron chi connectivity index (χ2n) is 6.65. The van der Waals surface area contributed by atoms with Crippen molar-refractivity contribution in [2.75, 3.05) is 18.8 Å². The quantitative estimate of drug-likeness (QED) is 0.818. The lowest BCUT2D eigenvalue weighted by Crippen LogP contribution is -2.44. The molecule has 1 heterocycles. The number of nitrogens with zero attached hydrogens (tertiary/aromatic N) is 2. The molecule has 6 nitrogen and oxygen atoms in total. The minimum Gasteiger partial charge on any atom is -0.489 e. The van der Waals surface area contributed by atoms with Gasteiger partial charge in [0.15, 0.2) is 0 Å². The van der Waals surface area contributed by atoms with Gasteiger partial charge in [0.25, 0.3) is 0 Å². The van der Waals surface area contributed by atoms with Crippen LogP contribution < -0.4 is 10.5 Å². The molecule has 0 radical (unpaired) electrons. The van der Waals surface area contributed by atoms with Gasteiger partial charge in [-0.3, -0.25) is 0 Å². The van der Waals surface area contributed by atoms with E-state index in [1.54, 1.807) is 23.1 Å². The average Bonchev–Trinajstić information content (AvgIpc) is 2.57. The standard InChI is InChI=1S/C17H23N3O3.C2H6/c1-17(2,3)23-16(21)20-8-6-14(7-9-20)22-15-5-4-13(19)10-12(15)11-18;1-2/h4-5,10,14H,6-9,19H2,1-3H3;1-2H3. The fraction of sp³-hybridized carbons (Fsp3) is 0.579. The first-order valence-electron chi connectivity index (χ1n) is 8.73. The van der Waals surface area contributed by atoms with Gasteiger partial charge in [-0.2, -0.15) is 5.26 Å². The number of carbonyl (C=O) groups is 1. The highest BCUT2D eigenvalue weighted by Crippen LogP contribution is 2.25. The molecule has 1 amide bonds. The molecule has 0 atom stereocenters. The molecule has 138 valence electrons. The molecule has 0 spiro atoms. The van der Waals surface area contributed by atoms with Crippen LogP contribution in [0.4, 0.5) is 10.5 Å². The summed E-state index contributed by atoms with van der Waals surface area (Å²) >= 11 is 0. The predicted molar refractivity (Wildman–Crippen MR) is 98.4 cm³/mol. The van der Waals surface area contributed by atoms with Crippen LogP contribution in [0.2, 0.25) is 0 Å². The Balaban J connectivity index is 0.00000151. The van der Waals surface area contributed by atoms with Gasteiger partial charge in [0.05, 0.1) is 5.56 Å². The lowest BCUT2D eigenvalue weighted by atomic mass is 10.1. The van der Waals surface area contributed by atoms with E-state index >= 15 is 0 Å². The summed E-state index contributed by atoms with van der Waals surface area (Å²) in [6.45, 7) is 10.7. The Bertz CT molecular complexity index is 609. The van der Waals surface area contributed by atoms with Gasteiger partial charge >= 0.3 is 6.09 Å². The number of nitrogens with two attached hydrogens (primary N) is 1. The number of ether oxygens (including phenoxy) is 2. The van der Waals surface area contributed by atoms with E-state index in [1.165, 1.54) is 0 Å². The van der Waals surface area contributed by atoms with Crippen molar-refractivity contribution in [1.29, 1.82) is 5.26 Å². The Morgan fingerprint density at radius 3 is 2.40 bits per heavy atom. The van der Waals surface area contributed by atoms with Crippen molar-refractivity contribution < 1.29 is 14.3 Å². The molecular formula is C19H29N3O3. The van der Waals surface area contributed by atoms with Crippen molar-refractivity contribution in [2.24, 2.45) is 0 Å². The van der Waals surface area contributed by atoms with E-state index in [0.717, 1.165) is 0 Å². The van der Waals surface area contributed by atoms with Crippen molar-refractivity contribution in [2.45, 2.75) is 59.2 Å². The molecule has 1 saturated heterocycles. The van der Waals surface area contributed by atoms with Crippen LogP contribution in [-0.2, 0) is 4.74 Å². The number of anilines is 1. The minimum absolute atomic E-state index is 0.0237. The minimum atomic E-state index is -0.490. The number of carbonyl (C=O) groups excluding carboxylic acids is 1. The van der Waals surface area contributed by atoms with E-state index in [-0.39, 0.29) is 12.2 Å². The number of amides is 1. The Kier molecular flexibility index (Phi) is 7.56. The second kappa shape index (κ2) is 9.16. The maximum atomic E-state index is 12.0. The number of nitriles is 1. The molecule has 1 aromatic rings. The Labute approximate surface area is 150 Å². The number of piperidine rings is 1. The third-order valence-electron chi connectivity index (χ3n) is 3.51. The van der Waals surface area contributed by atoms with Gasteiger partial charge in [0.1, 0.15) is 23.5 Å². The third-order valence-corrected chi connectivity index (χ3v) is 3.51. The summed E-state index contributed by atoms with van der Waals surface area (Å²) in [6, 6.07) is 7.12. The van der Waals surface area contributed by atoms with Crippen molar-refractivity contribution in [1.82, 2.24) is 4.90 Å². The van der Waals surface area contributed by atoms with E-state index in [0.29, 0.717) is 42.9 Å². The highest BCUT2D eigenvalue weighted by molar-refractivity contribution is 5.68. The van der Waals surface area contributed by atoms with Crippen LogP contribution in [0.25, 0.3) is 0 Å². The first-order chi connectivity index (χ1) is 11.8. The second-order valence-corrected chi connectivity index (χ2v) is 6.65. The van der Waals surface area contributed by atoms with Crippen molar-refractivity contribution in [3.8, 4) is 11.8 Å². The van der Waals surface area contributed by atoms with Gasteiger partial charge in [-0.05, 0) is 39.0 Å². The molecule has 1 fully saturated rings. The fourth-order valence-corrected chi connectivity index (χ4v) is 2.40. The molecule has 25 heavy (non-hydrogen) atoms. The molecule has 1 aliphatic heterocycles. The number of nitrogen functional groups attached to an aromatic ring is 1. The zero-order chi connectivity index (χ0) is 19.0. The highest BCUT2D eigenvalue weighted by Gasteiger charge is 2.27. The van der Waals surface area contributed by atoms with Gasteiger partial charge < -0.3 is 20.1 Å². The van der Waals surface area contributed by atoms with Gasteiger partial charge in [0, 0.05) is 31.6 Å². The number of benzene rings is 1. The average molecular weight is 347 g/mol. The van der Waals surface area contributed by atoms with Gasteiger partial charge in [0.2, 0.25) is 0 Å². The topological polar surface area (TPSA) is 88.6 Å². The summed E-state index contributed by atoms with van der Waals surface area (Å²) in [5.74, 6) is 0.539. The molecule has 0 aliphatic carbocycles. The Hall–Kier alpha value is -2.42. The molecule has 0 aromatic heterocycles. The number of rotatable bonds is 2. The summed E-state index contributed by atoms with van der Waals surface area (Å²) in [4.78, 5) is 13.7. The summed E-state index contributed by atoms with van der Waals surface area (Å²) in [7, 11) is 0. The molecule has 1 aliphatic rings. The first-order valence-corrected chi connectivity index (χ1v) is 8.73. The van der Waals surface area contributed by atoms with Gasteiger partial charge in [-0.25, -0.2) is 4.79 Å². The monoisotopic (exact) mass is 347 g/mol.